The minimum absolute atomic E-state index is 0.0838. The molecule has 35 heavy (non-hydrogen) atoms. The zero-order chi connectivity index (χ0) is 25.7. The van der Waals surface area contributed by atoms with Crippen molar-refractivity contribution in [2.24, 2.45) is 5.73 Å². The van der Waals surface area contributed by atoms with Gasteiger partial charge in [-0.15, -0.1) is 0 Å². The molecule has 2 aromatic rings. The second-order valence-electron chi connectivity index (χ2n) is 8.67. The zero-order valence-corrected chi connectivity index (χ0v) is 20.2. The number of amides is 3. The number of aliphatic hydroxyl groups is 1. The van der Waals surface area contributed by atoms with Crippen molar-refractivity contribution in [1.82, 2.24) is 20.5 Å². The summed E-state index contributed by atoms with van der Waals surface area (Å²) in [5.74, 6) is -3.23. The number of carboxylic acids is 1. The number of benzene rings is 1. The Hall–Kier alpha value is -3.09. The molecule has 5 atom stereocenters. The maximum absolute atomic E-state index is 12.9. The summed E-state index contributed by atoms with van der Waals surface area (Å²) < 4.78 is 0. The first kappa shape index (κ1) is 26.5. The minimum atomic E-state index is -1.37. The number of fused-ring (bicyclic) bond motifs is 1. The van der Waals surface area contributed by atoms with Gasteiger partial charge in [-0.05, 0) is 37.8 Å². The SMILES string of the molecule is CC(O)C(NC(=O)C(CS)NC(=O)C(N)Cc1c[nH]c2ccccc12)C(=O)N1CCCC1C(=O)O. The molecule has 3 amide bonds. The first-order chi connectivity index (χ1) is 16.6. The number of aliphatic hydroxyl groups excluding tert-OH is 1. The summed E-state index contributed by atoms with van der Waals surface area (Å²) in [6.45, 7) is 1.53. The lowest BCUT2D eigenvalue weighted by atomic mass is 10.0. The number of aromatic amines is 1. The van der Waals surface area contributed by atoms with Crippen molar-refractivity contribution in [2.45, 2.75) is 56.5 Å². The molecule has 1 saturated heterocycles. The van der Waals surface area contributed by atoms with Crippen LogP contribution in [0.5, 0.6) is 0 Å². The van der Waals surface area contributed by atoms with E-state index in [4.69, 9.17) is 5.73 Å². The smallest absolute Gasteiger partial charge is 0.326 e. The van der Waals surface area contributed by atoms with Crippen LogP contribution < -0.4 is 16.4 Å². The van der Waals surface area contributed by atoms with Crippen LogP contribution >= 0.6 is 12.6 Å². The maximum atomic E-state index is 12.9. The molecule has 0 radical (unpaired) electrons. The third-order valence-electron chi connectivity index (χ3n) is 6.13. The molecule has 2 heterocycles. The molecule has 1 fully saturated rings. The fraction of sp³-hybridized carbons (Fsp3) is 0.478. The number of carbonyl (C=O) groups excluding carboxylic acids is 3. The maximum Gasteiger partial charge on any atom is 0.326 e. The summed E-state index contributed by atoms with van der Waals surface area (Å²) in [6, 6.07) is 3.15. The minimum Gasteiger partial charge on any atom is -0.480 e. The monoisotopic (exact) mass is 505 g/mol. The molecule has 1 aliphatic rings. The Bertz CT molecular complexity index is 1090. The molecule has 7 N–H and O–H groups in total. The third kappa shape index (κ3) is 6.13. The summed E-state index contributed by atoms with van der Waals surface area (Å²) >= 11 is 4.13. The lowest BCUT2D eigenvalue weighted by Crippen LogP contribution is -2.60. The van der Waals surface area contributed by atoms with Crippen LogP contribution in [-0.2, 0) is 25.6 Å². The van der Waals surface area contributed by atoms with Crippen LogP contribution in [0.1, 0.15) is 25.3 Å². The predicted octanol–water partition coefficient (Wildman–Crippen LogP) is -0.606. The largest absolute Gasteiger partial charge is 0.480 e. The molecule has 1 aromatic carbocycles. The number of H-pyrrole nitrogens is 1. The van der Waals surface area contributed by atoms with Gasteiger partial charge in [-0.2, -0.15) is 12.6 Å². The molecule has 0 bridgehead atoms. The van der Waals surface area contributed by atoms with Gasteiger partial charge >= 0.3 is 5.97 Å². The van der Waals surface area contributed by atoms with Gasteiger partial charge in [0.1, 0.15) is 18.1 Å². The van der Waals surface area contributed by atoms with Crippen LogP contribution in [0.3, 0.4) is 0 Å². The Morgan fingerprint density at radius 1 is 1.23 bits per heavy atom. The van der Waals surface area contributed by atoms with E-state index in [0.29, 0.717) is 12.8 Å². The van der Waals surface area contributed by atoms with Gasteiger partial charge in [-0.1, -0.05) is 18.2 Å². The number of rotatable bonds is 10. The van der Waals surface area contributed by atoms with E-state index < -0.39 is 54.0 Å². The number of hydrogen-bond acceptors (Lipinski definition) is 7. The second-order valence-corrected chi connectivity index (χ2v) is 9.03. The molecule has 1 aromatic heterocycles. The summed E-state index contributed by atoms with van der Waals surface area (Å²) in [5, 5.41) is 25.4. The van der Waals surface area contributed by atoms with Crippen LogP contribution in [0.25, 0.3) is 10.9 Å². The highest BCUT2D eigenvalue weighted by Crippen LogP contribution is 2.20. The molecule has 11 nitrogen and oxygen atoms in total. The predicted molar refractivity (Wildman–Crippen MR) is 132 cm³/mol. The van der Waals surface area contributed by atoms with Crippen molar-refractivity contribution in [3.63, 3.8) is 0 Å². The van der Waals surface area contributed by atoms with Gasteiger partial charge in [0, 0.05) is 29.4 Å². The highest BCUT2D eigenvalue weighted by molar-refractivity contribution is 7.80. The number of thiol groups is 1. The highest BCUT2D eigenvalue weighted by Gasteiger charge is 2.40. The summed E-state index contributed by atoms with van der Waals surface area (Å²) in [6.07, 6.45) is 1.53. The number of hydrogen-bond donors (Lipinski definition) is 7. The highest BCUT2D eigenvalue weighted by atomic mass is 32.1. The molecule has 1 aliphatic heterocycles. The second kappa shape index (κ2) is 11.6. The normalized spacial score (nSPS) is 19.1. The summed E-state index contributed by atoms with van der Waals surface area (Å²) in [5.41, 5.74) is 7.86. The molecule has 0 saturated carbocycles. The van der Waals surface area contributed by atoms with Crippen molar-refractivity contribution in [2.75, 3.05) is 12.3 Å². The van der Waals surface area contributed by atoms with Crippen LogP contribution in [0.15, 0.2) is 30.5 Å². The van der Waals surface area contributed by atoms with Crippen LogP contribution in [0.2, 0.25) is 0 Å². The Morgan fingerprint density at radius 2 is 1.94 bits per heavy atom. The van der Waals surface area contributed by atoms with E-state index in [2.05, 4.69) is 28.2 Å². The van der Waals surface area contributed by atoms with E-state index in [1.54, 1.807) is 6.20 Å². The molecule has 3 rings (SSSR count). The topological polar surface area (TPSA) is 178 Å². The standard InChI is InChI=1S/C23H31N5O6S/c1-12(29)19(22(32)28-8-4-7-18(28)23(33)34)27-21(31)17(11-35)26-20(30)15(24)9-13-10-25-16-6-3-2-5-14(13)16/h2-3,5-6,10,12,15,17-19,25,29,35H,4,7-9,11,24H2,1H3,(H,26,30)(H,27,31)(H,33,34). The Balaban J connectivity index is 1.63. The number of aromatic nitrogens is 1. The van der Waals surface area contributed by atoms with E-state index in [9.17, 15) is 29.4 Å². The van der Waals surface area contributed by atoms with E-state index in [-0.39, 0.29) is 18.7 Å². The van der Waals surface area contributed by atoms with Crippen LogP contribution in [-0.4, -0.2) is 86.4 Å². The van der Waals surface area contributed by atoms with Gasteiger partial charge in [0.25, 0.3) is 0 Å². The van der Waals surface area contributed by atoms with Gasteiger partial charge < -0.3 is 36.5 Å². The molecule has 5 unspecified atom stereocenters. The van der Waals surface area contributed by atoms with E-state index in [1.165, 1.54) is 6.92 Å². The quantitative estimate of drug-likeness (QED) is 0.211. The summed E-state index contributed by atoms with van der Waals surface area (Å²) in [4.78, 5) is 54.2. The number of para-hydroxylation sites is 1. The first-order valence-electron chi connectivity index (χ1n) is 11.4. The number of aliphatic carboxylic acids is 1. The number of nitrogens with zero attached hydrogens (tertiary/aromatic N) is 1. The number of nitrogens with one attached hydrogen (secondary N) is 3. The van der Waals surface area contributed by atoms with Crippen molar-refractivity contribution < 1.29 is 29.4 Å². The fourth-order valence-corrected chi connectivity index (χ4v) is 4.47. The average molecular weight is 506 g/mol. The van der Waals surface area contributed by atoms with Crippen molar-refractivity contribution in [1.29, 1.82) is 0 Å². The number of carboxylic acid groups (broad SMARTS) is 1. The number of likely N-dealkylation sites (tertiary alicyclic amines) is 1. The van der Waals surface area contributed by atoms with Gasteiger partial charge in [-0.3, -0.25) is 14.4 Å². The van der Waals surface area contributed by atoms with Gasteiger partial charge in [0.05, 0.1) is 12.1 Å². The molecular weight excluding hydrogens is 474 g/mol. The molecule has 0 aliphatic carbocycles. The number of carbonyl (C=O) groups is 4. The average Bonchev–Trinajstić information content (AvgIpc) is 3.48. The molecular formula is C23H31N5O6S. The van der Waals surface area contributed by atoms with E-state index in [1.807, 2.05) is 24.3 Å². The lowest BCUT2D eigenvalue weighted by Gasteiger charge is -2.30. The van der Waals surface area contributed by atoms with Crippen molar-refractivity contribution >= 4 is 47.2 Å². The Labute approximate surface area is 207 Å². The summed E-state index contributed by atoms with van der Waals surface area (Å²) in [7, 11) is 0. The van der Waals surface area contributed by atoms with Crippen LogP contribution in [0.4, 0.5) is 0 Å². The van der Waals surface area contributed by atoms with E-state index >= 15 is 0 Å². The fourth-order valence-electron chi connectivity index (χ4n) is 4.21. The first-order valence-corrected chi connectivity index (χ1v) is 12.0. The van der Waals surface area contributed by atoms with Crippen molar-refractivity contribution in [3.05, 3.63) is 36.0 Å². The zero-order valence-electron chi connectivity index (χ0n) is 19.3. The molecule has 190 valence electrons. The lowest BCUT2D eigenvalue weighted by molar-refractivity contribution is -0.150. The third-order valence-corrected chi connectivity index (χ3v) is 6.50. The Kier molecular flexibility index (Phi) is 8.76. The van der Waals surface area contributed by atoms with Crippen molar-refractivity contribution in [3.8, 4) is 0 Å². The van der Waals surface area contributed by atoms with Gasteiger partial charge in [-0.25, -0.2) is 4.79 Å². The van der Waals surface area contributed by atoms with Gasteiger partial charge in [0.15, 0.2) is 0 Å². The Morgan fingerprint density at radius 3 is 2.60 bits per heavy atom. The molecule has 12 heteroatoms. The van der Waals surface area contributed by atoms with Gasteiger partial charge in [0.2, 0.25) is 17.7 Å². The van der Waals surface area contributed by atoms with Crippen LogP contribution in [0, 0.1) is 0 Å². The number of nitrogens with two attached hydrogens (primary N) is 1. The molecule has 0 spiro atoms. The van der Waals surface area contributed by atoms with E-state index in [0.717, 1.165) is 21.4 Å².